The summed E-state index contributed by atoms with van der Waals surface area (Å²) in [6, 6.07) is 3.61. The first kappa shape index (κ1) is 10.7. The standard InChI is InChI=1S/C12H8O3S2/c13-9-10-6(3-4-16-10)1-2-7-5-8(12(14)15)17-11(7)9/h3-5H,1-2H2,(H,14,15). The van der Waals surface area contributed by atoms with Crippen LogP contribution in [0.3, 0.4) is 0 Å². The maximum absolute atomic E-state index is 12.3. The third kappa shape index (κ3) is 1.62. The zero-order valence-corrected chi connectivity index (χ0v) is 10.4. The average Bonchev–Trinajstić information content (AvgIpc) is 2.90. The van der Waals surface area contributed by atoms with Crippen molar-refractivity contribution in [2.45, 2.75) is 12.8 Å². The Hall–Kier alpha value is -1.46. The molecule has 5 heteroatoms. The quantitative estimate of drug-likeness (QED) is 0.861. The van der Waals surface area contributed by atoms with Crippen LogP contribution in [0.1, 0.15) is 35.3 Å². The summed E-state index contributed by atoms with van der Waals surface area (Å²) in [7, 11) is 0. The van der Waals surface area contributed by atoms with Gasteiger partial charge in [0.1, 0.15) is 4.88 Å². The summed E-state index contributed by atoms with van der Waals surface area (Å²) in [6.07, 6.45) is 1.56. The largest absolute Gasteiger partial charge is 0.477 e. The highest BCUT2D eigenvalue weighted by atomic mass is 32.1. The minimum Gasteiger partial charge on any atom is -0.477 e. The van der Waals surface area contributed by atoms with Crippen molar-refractivity contribution in [3.63, 3.8) is 0 Å². The molecule has 17 heavy (non-hydrogen) atoms. The van der Waals surface area contributed by atoms with E-state index in [0.29, 0.717) is 4.88 Å². The minimum atomic E-state index is -0.956. The van der Waals surface area contributed by atoms with Gasteiger partial charge in [0, 0.05) is 0 Å². The molecule has 1 aliphatic rings. The van der Waals surface area contributed by atoms with E-state index in [1.54, 1.807) is 6.07 Å². The van der Waals surface area contributed by atoms with Gasteiger partial charge in [-0.05, 0) is 41.5 Å². The molecule has 0 aromatic carbocycles. The molecule has 0 bridgehead atoms. The minimum absolute atomic E-state index is 0.0139. The van der Waals surface area contributed by atoms with Gasteiger partial charge in [-0.15, -0.1) is 22.7 Å². The van der Waals surface area contributed by atoms with Crippen LogP contribution in [0, 0.1) is 0 Å². The Labute approximate surface area is 105 Å². The maximum Gasteiger partial charge on any atom is 0.345 e. The van der Waals surface area contributed by atoms with Crippen molar-refractivity contribution in [1.82, 2.24) is 0 Å². The Morgan fingerprint density at radius 1 is 1.24 bits per heavy atom. The summed E-state index contributed by atoms with van der Waals surface area (Å²) in [5, 5.41) is 10.9. The fourth-order valence-corrected chi connectivity index (χ4v) is 3.98. The number of hydrogen-bond donors (Lipinski definition) is 1. The number of hydrogen-bond acceptors (Lipinski definition) is 4. The number of thiophene rings is 2. The topological polar surface area (TPSA) is 54.4 Å². The van der Waals surface area contributed by atoms with Crippen molar-refractivity contribution >= 4 is 34.4 Å². The first-order valence-corrected chi connectivity index (χ1v) is 6.83. The molecule has 2 aromatic heterocycles. The van der Waals surface area contributed by atoms with Gasteiger partial charge in [-0.1, -0.05) is 0 Å². The van der Waals surface area contributed by atoms with E-state index >= 15 is 0 Å². The zero-order chi connectivity index (χ0) is 12.0. The molecule has 2 heterocycles. The van der Waals surface area contributed by atoms with Gasteiger partial charge in [0.25, 0.3) is 0 Å². The lowest BCUT2D eigenvalue weighted by Gasteiger charge is -1.94. The van der Waals surface area contributed by atoms with Crippen LogP contribution >= 0.6 is 22.7 Å². The van der Waals surface area contributed by atoms with Crippen molar-refractivity contribution in [3.05, 3.63) is 43.3 Å². The monoisotopic (exact) mass is 264 g/mol. The van der Waals surface area contributed by atoms with E-state index in [4.69, 9.17) is 5.11 Å². The van der Waals surface area contributed by atoms with E-state index in [0.717, 1.165) is 40.2 Å². The first-order chi connectivity index (χ1) is 8.16. The Morgan fingerprint density at radius 3 is 2.76 bits per heavy atom. The SMILES string of the molecule is O=C(O)c1cc2c(s1)C(=O)c1sccc1CC2. The van der Waals surface area contributed by atoms with Crippen molar-refractivity contribution in [3.8, 4) is 0 Å². The predicted octanol–water partition coefficient (Wildman–Crippen LogP) is 2.84. The van der Waals surface area contributed by atoms with Gasteiger partial charge in [-0.2, -0.15) is 0 Å². The van der Waals surface area contributed by atoms with E-state index in [1.807, 2.05) is 11.4 Å². The molecule has 0 unspecified atom stereocenters. The van der Waals surface area contributed by atoms with E-state index < -0.39 is 5.97 Å². The van der Waals surface area contributed by atoms with Crippen LogP contribution in [0.5, 0.6) is 0 Å². The number of ketones is 1. The third-order valence-corrected chi connectivity index (χ3v) is 4.96. The van der Waals surface area contributed by atoms with E-state index in [-0.39, 0.29) is 10.7 Å². The lowest BCUT2D eigenvalue weighted by Crippen LogP contribution is -1.97. The molecule has 0 aliphatic heterocycles. The van der Waals surface area contributed by atoms with Gasteiger partial charge >= 0.3 is 5.97 Å². The number of carbonyl (C=O) groups is 2. The molecule has 2 aromatic rings. The molecule has 1 N–H and O–H groups in total. The van der Waals surface area contributed by atoms with E-state index in [1.165, 1.54) is 11.3 Å². The summed E-state index contributed by atoms with van der Waals surface area (Å²) in [5.74, 6) is -0.970. The number of fused-ring (bicyclic) bond motifs is 2. The van der Waals surface area contributed by atoms with Gasteiger partial charge in [0.05, 0.1) is 9.75 Å². The maximum atomic E-state index is 12.3. The van der Waals surface area contributed by atoms with Crippen molar-refractivity contribution in [1.29, 1.82) is 0 Å². The number of rotatable bonds is 1. The third-order valence-electron chi connectivity index (χ3n) is 2.84. The molecule has 0 saturated heterocycles. The Kier molecular flexibility index (Phi) is 2.38. The van der Waals surface area contributed by atoms with Crippen LogP contribution in [0.2, 0.25) is 0 Å². The van der Waals surface area contributed by atoms with Gasteiger partial charge in [0.15, 0.2) is 0 Å². The second-order valence-corrected chi connectivity index (χ2v) is 5.84. The molecule has 0 fully saturated rings. The lowest BCUT2D eigenvalue weighted by atomic mass is 10.1. The second-order valence-electron chi connectivity index (χ2n) is 3.87. The van der Waals surface area contributed by atoms with Crippen LogP contribution in [-0.4, -0.2) is 16.9 Å². The molecule has 3 rings (SSSR count). The number of aryl methyl sites for hydroxylation is 2. The molecular formula is C12H8O3S2. The van der Waals surface area contributed by atoms with Gasteiger partial charge in [-0.25, -0.2) is 4.79 Å². The fourth-order valence-electron chi connectivity index (χ4n) is 2.02. The van der Waals surface area contributed by atoms with Crippen molar-refractivity contribution < 1.29 is 14.7 Å². The van der Waals surface area contributed by atoms with Crippen molar-refractivity contribution in [2.75, 3.05) is 0 Å². The van der Waals surface area contributed by atoms with Gasteiger partial charge < -0.3 is 5.11 Å². The zero-order valence-electron chi connectivity index (χ0n) is 8.73. The van der Waals surface area contributed by atoms with Crippen LogP contribution in [0.4, 0.5) is 0 Å². The highest BCUT2D eigenvalue weighted by Gasteiger charge is 2.26. The van der Waals surface area contributed by atoms with Gasteiger partial charge in [-0.3, -0.25) is 4.79 Å². The Morgan fingerprint density at radius 2 is 2.00 bits per heavy atom. The molecule has 0 saturated carbocycles. The molecule has 0 amide bonds. The molecule has 0 radical (unpaired) electrons. The summed E-state index contributed by atoms with van der Waals surface area (Å²) < 4.78 is 0. The summed E-state index contributed by atoms with van der Waals surface area (Å²) in [5.41, 5.74) is 1.96. The van der Waals surface area contributed by atoms with Crippen LogP contribution in [-0.2, 0) is 12.8 Å². The van der Waals surface area contributed by atoms with Crippen LogP contribution < -0.4 is 0 Å². The number of carboxylic acid groups (broad SMARTS) is 1. The van der Waals surface area contributed by atoms with Crippen LogP contribution in [0.15, 0.2) is 17.5 Å². The summed E-state index contributed by atoms with van der Waals surface area (Å²) in [4.78, 5) is 24.8. The molecular weight excluding hydrogens is 256 g/mol. The number of aromatic carboxylic acids is 1. The average molecular weight is 264 g/mol. The second kappa shape index (κ2) is 3.78. The normalized spacial score (nSPS) is 14.0. The van der Waals surface area contributed by atoms with Crippen molar-refractivity contribution in [2.24, 2.45) is 0 Å². The predicted molar refractivity (Wildman–Crippen MR) is 66.4 cm³/mol. The Bertz CT molecular complexity index is 621. The number of carboxylic acids is 1. The molecule has 86 valence electrons. The first-order valence-electron chi connectivity index (χ1n) is 5.14. The van der Waals surface area contributed by atoms with Gasteiger partial charge in [0.2, 0.25) is 5.78 Å². The molecule has 0 atom stereocenters. The fraction of sp³-hybridized carbons (Fsp3) is 0.167. The summed E-state index contributed by atoms with van der Waals surface area (Å²) in [6.45, 7) is 0. The molecule has 0 spiro atoms. The van der Waals surface area contributed by atoms with E-state index in [2.05, 4.69) is 0 Å². The lowest BCUT2D eigenvalue weighted by molar-refractivity contribution is 0.0702. The highest BCUT2D eigenvalue weighted by Crippen LogP contribution is 2.33. The highest BCUT2D eigenvalue weighted by molar-refractivity contribution is 7.18. The van der Waals surface area contributed by atoms with Crippen LogP contribution in [0.25, 0.3) is 0 Å². The Balaban J connectivity index is 2.15. The van der Waals surface area contributed by atoms with E-state index in [9.17, 15) is 9.59 Å². The smallest absolute Gasteiger partial charge is 0.345 e. The number of carbonyl (C=O) groups excluding carboxylic acids is 1. The molecule has 3 nitrogen and oxygen atoms in total. The molecule has 1 aliphatic carbocycles. The summed E-state index contributed by atoms with van der Waals surface area (Å²) >= 11 is 2.53.